The Morgan fingerprint density at radius 1 is 1.17 bits per heavy atom. The number of likely N-dealkylation sites (tertiary alicyclic amines) is 1. The molecule has 0 atom stereocenters. The molecule has 1 aromatic heterocycles. The van der Waals surface area contributed by atoms with Crippen LogP contribution in [0.3, 0.4) is 0 Å². The molecule has 1 saturated heterocycles. The summed E-state index contributed by atoms with van der Waals surface area (Å²) in [5.74, 6) is 1.36. The molecule has 0 unspecified atom stereocenters. The van der Waals surface area contributed by atoms with Gasteiger partial charge >= 0.3 is 0 Å². The summed E-state index contributed by atoms with van der Waals surface area (Å²) in [7, 11) is 1.64. The number of nitrogens with zero attached hydrogens (tertiary/aromatic N) is 3. The lowest BCUT2D eigenvalue weighted by Crippen LogP contribution is -2.27. The second kappa shape index (κ2) is 7.09. The lowest BCUT2D eigenvalue weighted by atomic mass is 10.2. The van der Waals surface area contributed by atoms with Crippen molar-refractivity contribution < 1.29 is 9.53 Å². The van der Waals surface area contributed by atoms with Crippen LogP contribution in [-0.4, -0.2) is 41.0 Å². The highest BCUT2D eigenvalue weighted by Crippen LogP contribution is 2.14. The van der Waals surface area contributed by atoms with E-state index in [0.29, 0.717) is 18.1 Å². The Labute approximate surface area is 135 Å². The molecule has 0 bridgehead atoms. The molecule has 0 saturated carbocycles. The van der Waals surface area contributed by atoms with Gasteiger partial charge in [-0.05, 0) is 30.5 Å². The lowest BCUT2D eigenvalue weighted by Gasteiger charge is -2.14. The molecule has 0 spiro atoms. The zero-order valence-electron chi connectivity index (χ0n) is 13.2. The molecule has 6 nitrogen and oxygen atoms in total. The molecule has 1 N–H and O–H groups in total. The standard InChI is InChI=1S/C17H20N4O2/c1-23-15-6-4-13(5-7-15)10-18-17-19-11-14(12-20-17)16(22)21-8-2-3-9-21/h4-7,11-12H,2-3,8-10H2,1H3,(H,18,19,20). The van der Waals surface area contributed by atoms with E-state index in [1.165, 1.54) is 0 Å². The van der Waals surface area contributed by atoms with Crippen LogP contribution >= 0.6 is 0 Å². The monoisotopic (exact) mass is 312 g/mol. The molecule has 120 valence electrons. The van der Waals surface area contributed by atoms with Gasteiger partial charge in [0.25, 0.3) is 5.91 Å². The molecule has 1 aliphatic rings. The van der Waals surface area contributed by atoms with Crippen molar-refractivity contribution in [2.24, 2.45) is 0 Å². The molecule has 1 amide bonds. The number of hydrogen-bond acceptors (Lipinski definition) is 5. The third kappa shape index (κ3) is 3.77. The summed E-state index contributed by atoms with van der Waals surface area (Å²) in [6.07, 6.45) is 5.33. The van der Waals surface area contributed by atoms with Gasteiger partial charge in [0.05, 0.1) is 12.7 Å². The van der Waals surface area contributed by atoms with Crippen LogP contribution in [0, 0.1) is 0 Å². The Balaban J connectivity index is 1.57. The maximum absolute atomic E-state index is 12.2. The Morgan fingerprint density at radius 2 is 1.83 bits per heavy atom. The number of benzene rings is 1. The van der Waals surface area contributed by atoms with Crippen LogP contribution in [0.25, 0.3) is 0 Å². The van der Waals surface area contributed by atoms with Crippen LogP contribution in [0.15, 0.2) is 36.7 Å². The number of rotatable bonds is 5. The highest BCUT2D eigenvalue weighted by atomic mass is 16.5. The second-order valence-electron chi connectivity index (χ2n) is 5.50. The van der Waals surface area contributed by atoms with Crippen LogP contribution in [-0.2, 0) is 6.54 Å². The van der Waals surface area contributed by atoms with Crippen LogP contribution < -0.4 is 10.1 Å². The van der Waals surface area contributed by atoms with Crippen molar-refractivity contribution in [1.82, 2.24) is 14.9 Å². The fourth-order valence-electron chi connectivity index (χ4n) is 2.56. The maximum atomic E-state index is 12.2. The SMILES string of the molecule is COc1ccc(CNc2ncc(C(=O)N3CCCC3)cn2)cc1. The van der Waals surface area contributed by atoms with E-state index >= 15 is 0 Å². The number of carbonyl (C=O) groups excluding carboxylic acids is 1. The van der Waals surface area contributed by atoms with Gasteiger partial charge in [0, 0.05) is 32.0 Å². The van der Waals surface area contributed by atoms with E-state index in [9.17, 15) is 4.79 Å². The van der Waals surface area contributed by atoms with Gasteiger partial charge in [0.2, 0.25) is 5.95 Å². The third-order valence-electron chi connectivity index (χ3n) is 3.90. The van der Waals surface area contributed by atoms with Gasteiger partial charge in [-0.3, -0.25) is 4.79 Å². The number of anilines is 1. The van der Waals surface area contributed by atoms with E-state index in [4.69, 9.17) is 4.74 Å². The topological polar surface area (TPSA) is 67.3 Å². The summed E-state index contributed by atoms with van der Waals surface area (Å²) in [6.45, 7) is 2.27. The van der Waals surface area contributed by atoms with Gasteiger partial charge < -0.3 is 15.0 Å². The Kier molecular flexibility index (Phi) is 4.71. The first-order valence-corrected chi connectivity index (χ1v) is 7.74. The molecule has 3 rings (SSSR count). The van der Waals surface area contributed by atoms with E-state index < -0.39 is 0 Å². The molecular formula is C17H20N4O2. The second-order valence-corrected chi connectivity index (χ2v) is 5.50. The van der Waals surface area contributed by atoms with Crippen molar-refractivity contribution in [3.05, 3.63) is 47.8 Å². The fraction of sp³-hybridized carbons (Fsp3) is 0.353. The minimum atomic E-state index is 0.0178. The van der Waals surface area contributed by atoms with Crippen molar-refractivity contribution >= 4 is 11.9 Å². The molecular weight excluding hydrogens is 292 g/mol. The summed E-state index contributed by atoms with van der Waals surface area (Å²) >= 11 is 0. The first-order valence-electron chi connectivity index (χ1n) is 7.74. The molecule has 6 heteroatoms. The van der Waals surface area contributed by atoms with Gasteiger partial charge in [-0.2, -0.15) is 0 Å². The highest BCUT2D eigenvalue weighted by Gasteiger charge is 2.19. The van der Waals surface area contributed by atoms with Crippen LogP contribution in [0.1, 0.15) is 28.8 Å². The molecule has 1 fully saturated rings. The Bertz CT molecular complexity index is 649. The zero-order chi connectivity index (χ0) is 16.1. The average Bonchev–Trinajstić information content (AvgIpc) is 3.15. The number of ether oxygens (including phenoxy) is 1. The number of amides is 1. The van der Waals surface area contributed by atoms with Crippen LogP contribution in [0.4, 0.5) is 5.95 Å². The number of hydrogen-bond donors (Lipinski definition) is 1. The van der Waals surface area contributed by atoms with E-state index in [1.807, 2.05) is 29.2 Å². The zero-order valence-corrected chi connectivity index (χ0v) is 13.2. The highest BCUT2D eigenvalue weighted by molar-refractivity contribution is 5.93. The molecule has 0 radical (unpaired) electrons. The summed E-state index contributed by atoms with van der Waals surface area (Å²) in [5.41, 5.74) is 1.65. The van der Waals surface area contributed by atoms with E-state index in [-0.39, 0.29) is 5.91 Å². The van der Waals surface area contributed by atoms with Crippen molar-refractivity contribution in [1.29, 1.82) is 0 Å². The minimum absolute atomic E-state index is 0.0178. The molecule has 23 heavy (non-hydrogen) atoms. The molecule has 1 aliphatic heterocycles. The fourth-order valence-corrected chi connectivity index (χ4v) is 2.56. The summed E-state index contributed by atoms with van der Waals surface area (Å²) < 4.78 is 5.13. The Morgan fingerprint density at radius 3 is 2.43 bits per heavy atom. The largest absolute Gasteiger partial charge is 0.497 e. The third-order valence-corrected chi connectivity index (χ3v) is 3.90. The van der Waals surface area contributed by atoms with Crippen molar-refractivity contribution in [3.8, 4) is 5.75 Å². The average molecular weight is 312 g/mol. The maximum Gasteiger partial charge on any atom is 0.256 e. The summed E-state index contributed by atoms with van der Waals surface area (Å²) in [4.78, 5) is 22.5. The molecule has 2 aromatic rings. The van der Waals surface area contributed by atoms with Crippen molar-refractivity contribution in [3.63, 3.8) is 0 Å². The van der Waals surface area contributed by atoms with Crippen LogP contribution in [0.5, 0.6) is 5.75 Å². The predicted molar refractivity (Wildman–Crippen MR) is 87.5 cm³/mol. The smallest absolute Gasteiger partial charge is 0.256 e. The van der Waals surface area contributed by atoms with E-state index in [2.05, 4.69) is 15.3 Å². The molecule has 2 heterocycles. The number of nitrogens with one attached hydrogen (secondary N) is 1. The summed E-state index contributed by atoms with van der Waals surface area (Å²) in [5, 5.41) is 3.15. The van der Waals surface area contributed by atoms with Gasteiger partial charge in [0.15, 0.2) is 0 Å². The van der Waals surface area contributed by atoms with Crippen LogP contribution in [0.2, 0.25) is 0 Å². The van der Waals surface area contributed by atoms with Gasteiger partial charge in [-0.25, -0.2) is 9.97 Å². The molecule has 0 aliphatic carbocycles. The van der Waals surface area contributed by atoms with E-state index in [0.717, 1.165) is 37.2 Å². The number of aromatic nitrogens is 2. The number of methoxy groups -OCH3 is 1. The van der Waals surface area contributed by atoms with Gasteiger partial charge in [-0.15, -0.1) is 0 Å². The predicted octanol–water partition coefficient (Wildman–Crippen LogP) is 2.33. The van der Waals surface area contributed by atoms with Crippen molar-refractivity contribution in [2.75, 3.05) is 25.5 Å². The normalized spacial score (nSPS) is 13.9. The minimum Gasteiger partial charge on any atom is -0.497 e. The molecule has 1 aromatic carbocycles. The van der Waals surface area contributed by atoms with E-state index in [1.54, 1.807) is 19.5 Å². The number of carbonyl (C=O) groups is 1. The first-order chi connectivity index (χ1) is 11.3. The van der Waals surface area contributed by atoms with Crippen molar-refractivity contribution in [2.45, 2.75) is 19.4 Å². The summed E-state index contributed by atoms with van der Waals surface area (Å²) in [6, 6.07) is 7.79. The van der Waals surface area contributed by atoms with Gasteiger partial charge in [-0.1, -0.05) is 12.1 Å². The Hall–Kier alpha value is -2.63. The quantitative estimate of drug-likeness (QED) is 0.918. The lowest BCUT2D eigenvalue weighted by molar-refractivity contribution is 0.0792. The van der Waals surface area contributed by atoms with Gasteiger partial charge in [0.1, 0.15) is 5.75 Å². The first kappa shape index (κ1) is 15.3.